The standard InChI is InChI=1S/C18H21FN4O2S/c19-12-5-6-14-15(9-12)26-18(20-14)21-16(24)10-22-7-8-23(17(25)11-22)13-3-1-2-4-13/h5-6,9,13H,1-4,7-8,10-11H2,(H,20,21,24). The molecule has 2 aromatic rings. The SMILES string of the molecule is O=C(CN1CCN(C2CCCC2)C(=O)C1)Nc1nc2ccc(F)cc2s1. The average molecular weight is 376 g/mol. The van der Waals surface area contributed by atoms with E-state index < -0.39 is 0 Å². The lowest BCUT2D eigenvalue weighted by molar-refractivity contribution is -0.139. The van der Waals surface area contributed by atoms with Crippen LogP contribution >= 0.6 is 11.3 Å². The second-order valence-electron chi connectivity index (χ2n) is 6.92. The molecule has 0 unspecified atom stereocenters. The van der Waals surface area contributed by atoms with Crippen molar-refractivity contribution in [2.24, 2.45) is 0 Å². The first-order chi connectivity index (χ1) is 12.6. The van der Waals surface area contributed by atoms with Crippen molar-refractivity contribution in [2.75, 3.05) is 31.5 Å². The molecule has 1 aliphatic carbocycles. The molecule has 2 fully saturated rings. The van der Waals surface area contributed by atoms with Crippen LogP contribution in [0.25, 0.3) is 10.2 Å². The van der Waals surface area contributed by atoms with Crippen molar-refractivity contribution < 1.29 is 14.0 Å². The molecule has 2 heterocycles. The predicted octanol–water partition coefficient (Wildman–Crippen LogP) is 2.46. The third-order valence-corrected chi connectivity index (χ3v) is 6.00. The fraction of sp³-hybridized carbons (Fsp3) is 0.500. The molecule has 1 aromatic carbocycles. The predicted molar refractivity (Wildman–Crippen MR) is 98.6 cm³/mol. The number of carbonyl (C=O) groups excluding carboxylic acids is 2. The minimum absolute atomic E-state index is 0.117. The maximum absolute atomic E-state index is 13.2. The summed E-state index contributed by atoms with van der Waals surface area (Å²) in [6.45, 7) is 1.85. The van der Waals surface area contributed by atoms with Gasteiger partial charge in [0, 0.05) is 19.1 Å². The van der Waals surface area contributed by atoms with Gasteiger partial charge < -0.3 is 10.2 Å². The van der Waals surface area contributed by atoms with Crippen LogP contribution in [-0.4, -0.2) is 58.8 Å². The topological polar surface area (TPSA) is 65.5 Å². The highest BCUT2D eigenvalue weighted by atomic mass is 32.1. The maximum Gasteiger partial charge on any atom is 0.240 e. The number of nitrogens with zero attached hydrogens (tertiary/aromatic N) is 3. The number of fused-ring (bicyclic) bond motifs is 1. The highest BCUT2D eigenvalue weighted by molar-refractivity contribution is 7.22. The molecule has 6 nitrogen and oxygen atoms in total. The maximum atomic E-state index is 13.2. The molecule has 2 amide bonds. The van der Waals surface area contributed by atoms with Crippen molar-refractivity contribution in [1.29, 1.82) is 0 Å². The van der Waals surface area contributed by atoms with Gasteiger partial charge in [-0.25, -0.2) is 9.37 Å². The van der Waals surface area contributed by atoms with Gasteiger partial charge in [-0.05, 0) is 31.0 Å². The number of hydrogen-bond acceptors (Lipinski definition) is 5. The van der Waals surface area contributed by atoms with E-state index in [1.165, 1.54) is 36.3 Å². The molecule has 26 heavy (non-hydrogen) atoms. The van der Waals surface area contributed by atoms with E-state index in [9.17, 15) is 14.0 Å². The lowest BCUT2D eigenvalue weighted by Gasteiger charge is -2.37. The molecule has 0 radical (unpaired) electrons. The summed E-state index contributed by atoms with van der Waals surface area (Å²) in [5.74, 6) is -0.407. The fourth-order valence-electron chi connectivity index (χ4n) is 3.79. The van der Waals surface area contributed by atoms with Crippen LogP contribution in [0.3, 0.4) is 0 Å². The molecule has 8 heteroatoms. The monoisotopic (exact) mass is 376 g/mol. The van der Waals surface area contributed by atoms with Gasteiger partial charge in [-0.15, -0.1) is 0 Å². The van der Waals surface area contributed by atoms with Crippen LogP contribution in [-0.2, 0) is 9.59 Å². The first-order valence-electron chi connectivity index (χ1n) is 8.96. The number of rotatable bonds is 4. The molecular weight excluding hydrogens is 355 g/mol. The molecule has 1 aromatic heterocycles. The van der Waals surface area contributed by atoms with Crippen molar-refractivity contribution in [2.45, 2.75) is 31.7 Å². The average Bonchev–Trinajstić information content (AvgIpc) is 3.23. The summed E-state index contributed by atoms with van der Waals surface area (Å²) < 4.78 is 13.9. The number of hydrogen-bond donors (Lipinski definition) is 1. The number of nitrogens with one attached hydrogen (secondary N) is 1. The van der Waals surface area contributed by atoms with Crippen LogP contribution in [0.1, 0.15) is 25.7 Å². The number of halogens is 1. The van der Waals surface area contributed by atoms with Crippen molar-refractivity contribution >= 4 is 38.5 Å². The first-order valence-corrected chi connectivity index (χ1v) is 9.78. The van der Waals surface area contributed by atoms with Gasteiger partial charge in [0.15, 0.2) is 5.13 Å². The Bertz CT molecular complexity index is 834. The minimum atomic E-state index is -0.322. The van der Waals surface area contributed by atoms with Gasteiger partial charge >= 0.3 is 0 Å². The van der Waals surface area contributed by atoms with Gasteiger partial charge in [-0.2, -0.15) is 0 Å². The normalized spacial score (nSPS) is 19.4. The molecule has 0 spiro atoms. The van der Waals surface area contributed by atoms with Crippen LogP contribution in [0.4, 0.5) is 9.52 Å². The van der Waals surface area contributed by atoms with Crippen LogP contribution < -0.4 is 5.32 Å². The zero-order chi connectivity index (χ0) is 18.1. The van der Waals surface area contributed by atoms with Crippen molar-refractivity contribution in [1.82, 2.24) is 14.8 Å². The minimum Gasteiger partial charge on any atom is -0.337 e. The summed E-state index contributed by atoms with van der Waals surface area (Å²) in [6, 6.07) is 4.74. The van der Waals surface area contributed by atoms with E-state index in [1.54, 1.807) is 6.07 Å². The second-order valence-corrected chi connectivity index (χ2v) is 7.95. The number of piperazine rings is 1. The summed E-state index contributed by atoms with van der Waals surface area (Å²) >= 11 is 1.24. The molecule has 138 valence electrons. The Balaban J connectivity index is 1.32. The van der Waals surface area contributed by atoms with Crippen molar-refractivity contribution in [3.8, 4) is 0 Å². The smallest absolute Gasteiger partial charge is 0.240 e. The van der Waals surface area contributed by atoms with E-state index in [-0.39, 0.29) is 30.7 Å². The van der Waals surface area contributed by atoms with Crippen LogP contribution in [0.5, 0.6) is 0 Å². The highest BCUT2D eigenvalue weighted by Crippen LogP contribution is 2.27. The summed E-state index contributed by atoms with van der Waals surface area (Å²) in [6.07, 6.45) is 4.61. The van der Waals surface area contributed by atoms with Gasteiger partial charge in [0.05, 0.1) is 23.3 Å². The lowest BCUT2D eigenvalue weighted by atomic mass is 10.1. The summed E-state index contributed by atoms with van der Waals surface area (Å²) in [5.41, 5.74) is 0.659. The van der Waals surface area contributed by atoms with Crippen LogP contribution in [0, 0.1) is 5.82 Å². The largest absolute Gasteiger partial charge is 0.337 e. The molecular formula is C18H21FN4O2S. The van der Waals surface area contributed by atoms with Gasteiger partial charge in [0.2, 0.25) is 11.8 Å². The summed E-state index contributed by atoms with van der Waals surface area (Å²) in [7, 11) is 0. The quantitative estimate of drug-likeness (QED) is 0.890. The molecule has 1 aliphatic heterocycles. The van der Waals surface area contributed by atoms with Gasteiger partial charge in [-0.3, -0.25) is 14.5 Å². The zero-order valence-corrected chi connectivity index (χ0v) is 15.2. The molecule has 1 N–H and O–H groups in total. The summed E-state index contributed by atoms with van der Waals surface area (Å²) in [5, 5.41) is 3.21. The second kappa shape index (κ2) is 7.28. The molecule has 2 aliphatic rings. The Morgan fingerprint density at radius 1 is 1.31 bits per heavy atom. The highest BCUT2D eigenvalue weighted by Gasteiger charge is 2.31. The molecule has 0 atom stereocenters. The van der Waals surface area contributed by atoms with Gasteiger partial charge in [0.25, 0.3) is 0 Å². The Hall–Kier alpha value is -2.06. The molecule has 1 saturated heterocycles. The van der Waals surface area contributed by atoms with Crippen LogP contribution in [0.15, 0.2) is 18.2 Å². The number of benzene rings is 1. The Morgan fingerprint density at radius 3 is 2.88 bits per heavy atom. The van der Waals surface area contributed by atoms with Crippen molar-refractivity contribution in [3.05, 3.63) is 24.0 Å². The van der Waals surface area contributed by atoms with Gasteiger partial charge in [0.1, 0.15) is 5.82 Å². The Morgan fingerprint density at radius 2 is 2.12 bits per heavy atom. The lowest BCUT2D eigenvalue weighted by Crippen LogP contribution is -2.54. The van der Waals surface area contributed by atoms with Crippen molar-refractivity contribution in [3.63, 3.8) is 0 Å². The number of carbonyl (C=O) groups is 2. The van der Waals surface area contributed by atoms with E-state index in [0.29, 0.717) is 34.5 Å². The number of amides is 2. The fourth-order valence-corrected chi connectivity index (χ4v) is 4.69. The van der Waals surface area contributed by atoms with E-state index in [1.807, 2.05) is 9.80 Å². The molecule has 0 bridgehead atoms. The number of thiazole rings is 1. The third-order valence-electron chi connectivity index (χ3n) is 5.07. The van der Waals surface area contributed by atoms with Crippen LogP contribution in [0.2, 0.25) is 0 Å². The Labute approximate surface area is 155 Å². The summed E-state index contributed by atoms with van der Waals surface area (Å²) in [4.78, 5) is 32.8. The van der Waals surface area contributed by atoms with E-state index in [4.69, 9.17) is 0 Å². The van der Waals surface area contributed by atoms with Gasteiger partial charge in [-0.1, -0.05) is 24.2 Å². The number of anilines is 1. The third kappa shape index (κ3) is 3.71. The zero-order valence-electron chi connectivity index (χ0n) is 14.4. The first kappa shape index (κ1) is 17.4. The van der Waals surface area contributed by atoms with E-state index in [0.717, 1.165) is 12.8 Å². The number of aromatic nitrogens is 1. The Kier molecular flexibility index (Phi) is 4.86. The van der Waals surface area contributed by atoms with E-state index >= 15 is 0 Å². The molecule has 1 saturated carbocycles. The molecule has 4 rings (SSSR count). The van der Waals surface area contributed by atoms with E-state index in [2.05, 4.69) is 10.3 Å².